The van der Waals surface area contributed by atoms with Gasteiger partial charge in [-0.2, -0.15) is 0 Å². The molecule has 2 nitrogen and oxygen atoms in total. The van der Waals surface area contributed by atoms with Crippen LogP contribution in [0.25, 0.3) is 0 Å². The van der Waals surface area contributed by atoms with E-state index in [1.807, 2.05) is 0 Å². The Morgan fingerprint density at radius 1 is 1.44 bits per heavy atom. The highest BCUT2D eigenvalue weighted by atomic mass is 79.9. The molecule has 0 amide bonds. The van der Waals surface area contributed by atoms with Crippen molar-refractivity contribution < 1.29 is 4.74 Å². The highest BCUT2D eigenvalue weighted by molar-refractivity contribution is 9.11. The van der Waals surface area contributed by atoms with Gasteiger partial charge in [0.25, 0.3) is 0 Å². The van der Waals surface area contributed by atoms with Gasteiger partial charge in [-0.05, 0) is 40.4 Å². The van der Waals surface area contributed by atoms with Crippen LogP contribution >= 0.6 is 27.3 Å². The smallest absolute Gasteiger partial charge is 0.0701 e. The maximum Gasteiger partial charge on any atom is 0.0701 e. The Labute approximate surface area is 111 Å². The largest absolute Gasteiger partial charge is 0.383 e. The lowest BCUT2D eigenvalue weighted by Crippen LogP contribution is -2.38. The van der Waals surface area contributed by atoms with E-state index >= 15 is 0 Å². The summed E-state index contributed by atoms with van der Waals surface area (Å²) in [7, 11) is 1.76. The van der Waals surface area contributed by atoms with E-state index in [0.29, 0.717) is 12.0 Å². The molecule has 1 rings (SSSR count). The third-order valence-corrected chi connectivity index (χ3v) is 4.24. The van der Waals surface area contributed by atoms with Gasteiger partial charge in [0.2, 0.25) is 0 Å². The molecule has 1 aromatic rings. The van der Waals surface area contributed by atoms with E-state index < -0.39 is 0 Å². The van der Waals surface area contributed by atoms with Crippen molar-refractivity contribution in [2.45, 2.75) is 26.3 Å². The zero-order valence-electron chi connectivity index (χ0n) is 10.1. The quantitative estimate of drug-likeness (QED) is 0.834. The van der Waals surface area contributed by atoms with E-state index in [1.54, 1.807) is 18.4 Å². The predicted molar refractivity (Wildman–Crippen MR) is 74.2 cm³/mol. The Bertz CT molecular complexity index is 301. The molecule has 0 aromatic carbocycles. The highest BCUT2D eigenvalue weighted by Gasteiger charge is 2.11. The second kappa shape index (κ2) is 7.43. The maximum absolute atomic E-state index is 5.20. The maximum atomic E-state index is 5.20. The molecule has 1 aromatic heterocycles. The van der Waals surface area contributed by atoms with Gasteiger partial charge in [-0.25, -0.2) is 0 Å². The molecule has 1 atom stereocenters. The Balaban J connectivity index is 2.27. The summed E-state index contributed by atoms with van der Waals surface area (Å²) in [5.41, 5.74) is 0. The topological polar surface area (TPSA) is 21.3 Å². The van der Waals surface area contributed by atoms with Crippen molar-refractivity contribution >= 4 is 27.3 Å². The molecule has 1 N–H and O–H groups in total. The average molecular weight is 306 g/mol. The van der Waals surface area contributed by atoms with E-state index in [0.717, 1.165) is 19.6 Å². The van der Waals surface area contributed by atoms with Crippen LogP contribution in [0.1, 0.15) is 18.7 Å². The molecule has 0 aliphatic rings. The van der Waals surface area contributed by atoms with Gasteiger partial charge in [-0.15, -0.1) is 11.3 Å². The Hall–Kier alpha value is 0.1000. The van der Waals surface area contributed by atoms with Crippen LogP contribution in [0, 0.1) is 5.92 Å². The van der Waals surface area contributed by atoms with Gasteiger partial charge in [0.15, 0.2) is 0 Å². The molecule has 0 bridgehead atoms. The van der Waals surface area contributed by atoms with Crippen molar-refractivity contribution in [3.63, 3.8) is 0 Å². The summed E-state index contributed by atoms with van der Waals surface area (Å²) in [4.78, 5) is 1.42. The van der Waals surface area contributed by atoms with Crippen molar-refractivity contribution in [2.24, 2.45) is 5.92 Å². The molecule has 0 radical (unpaired) electrons. The van der Waals surface area contributed by atoms with Gasteiger partial charge in [0, 0.05) is 24.6 Å². The molecule has 0 fully saturated rings. The molecule has 0 saturated carbocycles. The molecular formula is C12H20BrNOS. The Kier molecular flexibility index (Phi) is 6.58. The zero-order chi connectivity index (χ0) is 12.0. The van der Waals surface area contributed by atoms with Gasteiger partial charge in [-0.1, -0.05) is 13.8 Å². The number of nitrogens with one attached hydrogen (secondary N) is 1. The lowest BCUT2D eigenvalue weighted by molar-refractivity contribution is 0.147. The normalized spacial score (nSPS) is 13.3. The standard InChI is InChI=1S/C12H20BrNOS/c1-9(2)11(8-15-3)14-7-6-10-4-5-12(13)16-10/h4-5,9,11,14H,6-8H2,1-3H3. The minimum Gasteiger partial charge on any atom is -0.383 e. The Morgan fingerprint density at radius 2 is 2.19 bits per heavy atom. The predicted octanol–water partition coefficient (Wildman–Crippen LogP) is 3.31. The van der Waals surface area contributed by atoms with Crippen LogP contribution in [-0.2, 0) is 11.2 Å². The van der Waals surface area contributed by atoms with Crippen LogP contribution in [0.2, 0.25) is 0 Å². The minimum atomic E-state index is 0.452. The summed E-state index contributed by atoms with van der Waals surface area (Å²) in [6.07, 6.45) is 1.09. The molecular weight excluding hydrogens is 286 g/mol. The summed E-state index contributed by atoms with van der Waals surface area (Å²) in [6.45, 7) is 6.24. The first-order valence-electron chi connectivity index (χ1n) is 5.60. The summed E-state index contributed by atoms with van der Waals surface area (Å²) in [5.74, 6) is 0.607. The van der Waals surface area contributed by atoms with Crippen molar-refractivity contribution in [3.05, 3.63) is 20.8 Å². The molecule has 1 unspecified atom stereocenters. The van der Waals surface area contributed by atoms with Gasteiger partial charge in [-0.3, -0.25) is 0 Å². The van der Waals surface area contributed by atoms with Gasteiger partial charge in [0.05, 0.1) is 10.4 Å². The number of hydrogen-bond donors (Lipinski definition) is 1. The zero-order valence-corrected chi connectivity index (χ0v) is 12.5. The average Bonchev–Trinajstić information content (AvgIpc) is 2.63. The number of ether oxygens (including phenoxy) is 1. The fourth-order valence-corrected chi connectivity index (χ4v) is 3.02. The van der Waals surface area contributed by atoms with Crippen LogP contribution in [0.4, 0.5) is 0 Å². The van der Waals surface area contributed by atoms with E-state index in [4.69, 9.17) is 4.74 Å². The first-order valence-corrected chi connectivity index (χ1v) is 7.21. The minimum absolute atomic E-state index is 0.452. The summed E-state index contributed by atoms with van der Waals surface area (Å²) in [5, 5.41) is 3.54. The fraction of sp³-hybridized carbons (Fsp3) is 0.667. The number of thiophene rings is 1. The van der Waals surface area contributed by atoms with Crippen LogP contribution in [0.15, 0.2) is 15.9 Å². The summed E-state index contributed by atoms with van der Waals surface area (Å²) >= 11 is 5.29. The van der Waals surface area contributed by atoms with E-state index in [9.17, 15) is 0 Å². The number of methoxy groups -OCH3 is 1. The molecule has 0 saturated heterocycles. The molecule has 1 heterocycles. The van der Waals surface area contributed by atoms with Crippen molar-refractivity contribution in [2.75, 3.05) is 20.3 Å². The number of hydrogen-bond acceptors (Lipinski definition) is 3. The van der Waals surface area contributed by atoms with Crippen LogP contribution in [0.5, 0.6) is 0 Å². The first kappa shape index (κ1) is 14.2. The summed E-state index contributed by atoms with van der Waals surface area (Å²) < 4.78 is 6.41. The molecule has 16 heavy (non-hydrogen) atoms. The van der Waals surface area contributed by atoms with E-state index in [2.05, 4.69) is 47.2 Å². The molecule has 0 aliphatic heterocycles. The third-order valence-electron chi connectivity index (χ3n) is 2.56. The lowest BCUT2D eigenvalue weighted by atomic mass is 10.1. The second-order valence-electron chi connectivity index (χ2n) is 4.22. The first-order chi connectivity index (χ1) is 7.63. The van der Waals surface area contributed by atoms with Crippen molar-refractivity contribution in [1.29, 1.82) is 0 Å². The third kappa shape index (κ3) is 4.95. The monoisotopic (exact) mass is 305 g/mol. The summed E-state index contributed by atoms with van der Waals surface area (Å²) in [6, 6.07) is 4.74. The van der Waals surface area contributed by atoms with Crippen molar-refractivity contribution in [1.82, 2.24) is 5.32 Å². The number of halogens is 1. The second-order valence-corrected chi connectivity index (χ2v) is 6.76. The highest BCUT2D eigenvalue weighted by Crippen LogP contribution is 2.22. The van der Waals surface area contributed by atoms with E-state index in [1.165, 1.54) is 8.66 Å². The molecule has 0 spiro atoms. The van der Waals surface area contributed by atoms with Gasteiger partial charge < -0.3 is 10.1 Å². The lowest BCUT2D eigenvalue weighted by Gasteiger charge is -2.21. The fourth-order valence-electron chi connectivity index (χ4n) is 1.53. The van der Waals surface area contributed by atoms with Crippen molar-refractivity contribution in [3.8, 4) is 0 Å². The van der Waals surface area contributed by atoms with Crippen LogP contribution < -0.4 is 5.32 Å². The molecule has 0 aliphatic carbocycles. The van der Waals surface area contributed by atoms with Gasteiger partial charge >= 0.3 is 0 Å². The van der Waals surface area contributed by atoms with Crippen LogP contribution in [0.3, 0.4) is 0 Å². The molecule has 4 heteroatoms. The number of rotatable bonds is 7. The van der Waals surface area contributed by atoms with Gasteiger partial charge in [0.1, 0.15) is 0 Å². The van der Waals surface area contributed by atoms with E-state index in [-0.39, 0.29) is 0 Å². The van der Waals surface area contributed by atoms with Crippen LogP contribution in [-0.4, -0.2) is 26.3 Å². The Morgan fingerprint density at radius 3 is 2.69 bits per heavy atom. The SMILES string of the molecule is COCC(NCCc1ccc(Br)s1)C(C)C. The molecule has 92 valence electrons.